The van der Waals surface area contributed by atoms with Crippen LogP contribution in [0.5, 0.6) is 0 Å². The molecule has 0 heterocycles. The number of allylic oxidation sites excluding steroid dienone is 1. The highest BCUT2D eigenvalue weighted by Crippen LogP contribution is 2.34. The summed E-state index contributed by atoms with van der Waals surface area (Å²) >= 11 is 0. The number of rotatable bonds is 3. The molecule has 1 fully saturated rings. The first-order valence-corrected chi connectivity index (χ1v) is 7.80. The van der Waals surface area contributed by atoms with Crippen molar-refractivity contribution in [3.05, 3.63) is 40.3 Å². The van der Waals surface area contributed by atoms with Crippen LogP contribution in [0.15, 0.2) is 29.2 Å². The summed E-state index contributed by atoms with van der Waals surface area (Å²) < 4.78 is 22.4. The van der Waals surface area contributed by atoms with E-state index in [1.807, 2.05) is 12.1 Å². The minimum Gasteiger partial charge on any atom is -0.224 e. The molecule has 0 unspecified atom stereocenters. The van der Waals surface area contributed by atoms with Crippen LogP contribution in [0, 0.1) is 11.3 Å². The number of primary sulfonamides is 1. The first-order valence-electron chi connectivity index (χ1n) is 6.25. The molecule has 0 spiro atoms. The summed E-state index contributed by atoms with van der Waals surface area (Å²) in [5, 5.41) is 13.8. The number of hydrogen-bond acceptors (Lipinski definition) is 3. The molecule has 1 aliphatic rings. The number of nitrogens with zero attached hydrogens (tertiary/aromatic N) is 1. The predicted molar refractivity (Wildman–Crippen MR) is 74.3 cm³/mol. The monoisotopic (exact) mass is 276 g/mol. The van der Waals surface area contributed by atoms with Crippen LogP contribution in [0.2, 0.25) is 0 Å². The van der Waals surface area contributed by atoms with Gasteiger partial charge in [0.05, 0.1) is 0 Å². The van der Waals surface area contributed by atoms with E-state index in [0.717, 1.165) is 0 Å². The molecule has 0 saturated heterocycles. The van der Waals surface area contributed by atoms with Gasteiger partial charge < -0.3 is 0 Å². The number of hydrogen-bond donors (Lipinski definition) is 1. The Morgan fingerprint density at radius 1 is 1.37 bits per heavy atom. The Bertz CT molecular complexity index is 636. The Balaban J connectivity index is 2.34. The molecule has 0 atom stereocenters. The fourth-order valence-corrected chi connectivity index (χ4v) is 2.92. The lowest BCUT2D eigenvalue weighted by atomic mass is 9.96. The maximum Gasteiger partial charge on any atom is 0.248 e. The highest BCUT2D eigenvalue weighted by atomic mass is 32.2. The van der Waals surface area contributed by atoms with Crippen molar-refractivity contribution < 1.29 is 8.42 Å². The van der Waals surface area contributed by atoms with Gasteiger partial charge in [-0.3, -0.25) is 0 Å². The molecule has 4 nitrogen and oxygen atoms in total. The van der Waals surface area contributed by atoms with E-state index in [1.54, 1.807) is 12.1 Å². The maximum atomic E-state index is 11.2. The average Bonchev–Trinajstić information content (AvgIpc) is 2.88. The third kappa shape index (κ3) is 3.43. The molecule has 0 aliphatic heterocycles. The third-order valence-corrected chi connectivity index (χ3v) is 4.27. The molecular formula is C14H16N2O2S. The molecule has 0 aromatic heterocycles. The molecule has 2 rings (SSSR count). The van der Waals surface area contributed by atoms with Crippen LogP contribution < -0.4 is 5.14 Å². The van der Waals surface area contributed by atoms with E-state index in [9.17, 15) is 8.42 Å². The van der Waals surface area contributed by atoms with Crippen molar-refractivity contribution in [2.24, 2.45) is 5.14 Å². The molecule has 1 aromatic carbocycles. The second-order valence-corrected chi connectivity index (χ2v) is 6.35. The van der Waals surface area contributed by atoms with Crippen molar-refractivity contribution in [1.29, 1.82) is 5.26 Å². The zero-order chi connectivity index (χ0) is 13.9. The van der Waals surface area contributed by atoms with Crippen molar-refractivity contribution in [3.63, 3.8) is 0 Å². The van der Waals surface area contributed by atoms with Crippen LogP contribution >= 0.6 is 0 Å². The van der Waals surface area contributed by atoms with Gasteiger partial charge in [0, 0.05) is 0 Å². The van der Waals surface area contributed by atoms with E-state index >= 15 is 0 Å². The Hall–Kier alpha value is -1.64. The van der Waals surface area contributed by atoms with Gasteiger partial charge in [0.2, 0.25) is 10.0 Å². The van der Waals surface area contributed by atoms with Gasteiger partial charge in [-0.15, -0.1) is 0 Å². The summed E-state index contributed by atoms with van der Waals surface area (Å²) in [6.07, 6.45) is 6.16. The van der Waals surface area contributed by atoms with Gasteiger partial charge >= 0.3 is 0 Å². The molecule has 1 aliphatic carbocycles. The number of sulfonamides is 1. The number of benzene rings is 1. The lowest BCUT2D eigenvalue weighted by molar-refractivity contribution is 0.605. The van der Waals surface area contributed by atoms with E-state index in [2.05, 4.69) is 6.07 Å². The molecule has 5 heteroatoms. The fraction of sp³-hybridized carbons (Fsp3) is 0.357. The van der Waals surface area contributed by atoms with Gasteiger partial charge in [0.1, 0.15) is 6.07 Å². The lowest BCUT2D eigenvalue weighted by Crippen LogP contribution is -2.13. The van der Waals surface area contributed by atoms with Crippen molar-refractivity contribution >= 4 is 16.1 Å². The van der Waals surface area contributed by atoms with E-state index in [1.165, 1.54) is 37.3 Å². The third-order valence-electron chi connectivity index (χ3n) is 3.45. The van der Waals surface area contributed by atoms with Crippen LogP contribution in [-0.2, 0) is 10.0 Å². The van der Waals surface area contributed by atoms with Crippen LogP contribution in [0.25, 0.3) is 6.08 Å². The lowest BCUT2D eigenvalue weighted by Gasteiger charge is -2.09. The fourth-order valence-electron chi connectivity index (χ4n) is 2.49. The van der Waals surface area contributed by atoms with Gasteiger partial charge in [-0.05, 0) is 36.0 Å². The molecule has 0 bridgehead atoms. The van der Waals surface area contributed by atoms with Gasteiger partial charge in [-0.25, -0.2) is 13.6 Å². The molecular weight excluding hydrogens is 260 g/mol. The van der Waals surface area contributed by atoms with Crippen LogP contribution in [0.4, 0.5) is 0 Å². The first-order chi connectivity index (χ1) is 9.00. The van der Waals surface area contributed by atoms with Crippen LogP contribution in [-0.4, -0.2) is 8.42 Å². The Morgan fingerprint density at radius 2 is 2.05 bits per heavy atom. The Labute approximate surface area is 113 Å². The molecule has 1 saturated carbocycles. The van der Waals surface area contributed by atoms with Crippen molar-refractivity contribution in [2.45, 2.75) is 31.6 Å². The van der Waals surface area contributed by atoms with E-state index in [-0.39, 0.29) is 0 Å². The molecule has 100 valence electrons. The Kier molecular flexibility index (Phi) is 4.03. The van der Waals surface area contributed by atoms with Gasteiger partial charge in [-0.1, -0.05) is 37.1 Å². The van der Waals surface area contributed by atoms with E-state index in [4.69, 9.17) is 10.4 Å². The second-order valence-electron chi connectivity index (χ2n) is 4.82. The molecule has 0 amide bonds. The second kappa shape index (κ2) is 5.55. The summed E-state index contributed by atoms with van der Waals surface area (Å²) in [6.45, 7) is 0. The standard InChI is InChI=1S/C14H16N2O2S/c15-10-14(19(16,17)18)9-11-4-3-7-13(8-11)12-5-1-2-6-12/h3-4,7-9,12H,1-2,5-6H2,(H2,16,17,18)/b14-9+. The summed E-state index contributed by atoms with van der Waals surface area (Å²) in [7, 11) is -3.95. The zero-order valence-electron chi connectivity index (χ0n) is 10.5. The Morgan fingerprint density at radius 3 is 2.63 bits per heavy atom. The molecule has 1 aromatic rings. The van der Waals surface area contributed by atoms with Crippen molar-refractivity contribution in [1.82, 2.24) is 0 Å². The smallest absolute Gasteiger partial charge is 0.224 e. The minimum atomic E-state index is -3.95. The van der Waals surface area contributed by atoms with E-state index in [0.29, 0.717) is 11.5 Å². The summed E-state index contributed by atoms with van der Waals surface area (Å²) in [6, 6.07) is 9.29. The number of nitriles is 1. The molecule has 19 heavy (non-hydrogen) atoms. The molecule has 2 N–H and O–H groups in total. The highest BCUT2D eigenvalue weighted by Gasteiger charge is 2.17. The van der Waals surface area contributed by atoms with Gasteiger partial charge in [0.15, 0.2) is 4.91 Å². The van der Waals surface area contributed by atoms with Crippen LogP contribution in [0.1, 0.15) is 42.7 Å². The normalized spacial score (nSPS) is 17.4. The summed E-state index contributed by atoms with van der Waals surface area (Å²) in [4.78, 5) is -0.406. The van der Waals surface area contributed by atoms with Crippen molar-refractivity contribution in [2.75, 3.05) is 0 Å². The quantitative estimate of drug-likeness (QED) is 0.861. The van der Waals surface area contributed by atoms with E-state index < -0.39 is 14.9 Å². The number of nitrogens with two attached hydrogens (primary N) is 1. The van der Waals surface area contributed by atoms with Gasteiger partial charge in [0.25, 0.3) is 0 Å². The first kappa shape index (κ1) is 13.8. The maximum absolute atomic E-state index is 11.2. The van der Waals surface area contributed by atoms with Crippen LogP contribution in [0.3, 0.4) is 0 Å². The summed E-state index contributed by atoms with van der Waals surface area (Å²) in [5.41, 5.74) is 1.91. The largest absolute Gasteiger partial charge is 0.248 e. The minimum absolute atomic E-state index is 0.406. The molecule has 0 radical (unpaired) electrons. The topological polar surface area (TPSA) is 83.9 Å². The predicted octanol–water partition coefficient (Wildman–Crippen LogP) is 2.50. The summed E-state index contributed by atoms with van der Waals surface area (Å²) in [5.74, 6) is 0.549. The average molecular weight is 276 g/mol. The van der Waals surface area contributed by atoms with Gasteiger partial charge in [-0.2, -0.15) is 5.26 Å². The SMILES string of the molecule is N#C/C(=C\c1cccc(C2CCCC2)c1)S(N)(=O)=O. The van der Waals surface area contributed by atoms with Crippen molar-refractivity contribution in [3.8, 4) is 6.07 Å². The highest BCUT2D eigenvalue weighted by molar-refractivity contribution is 7.93. The zero-order valence-corrected chi connectivity index (χ0v) is 11.4.